The van der Waals surface area contributed by atoms with Gasteiger partial charge in [-0.1, -0.05) is 6.07 Å². The van der Waals surface area contributed by atoms with Crippen molar-refractivity contribution in [1.82, 2.24) is 4.90 Å². The summed E-state index contributed by atoms with van der Waals surface area (Å²) in [5.74, 6) is 0.684. The van der Waals surface area contributed by atoms with Crippen molar-refractivity contribution in [3.05, 3.63) is 28.2 Å². The van der Waals surface area contributed by atoms with Crippen molar-refractivity contribution in [3.8, 4) is 5.75 Å². The van der Waals surface area contributed by atoms with Gasteiger partial charge in [0.25, 0.3) is 5.91 Å². The van der Waals surface area contributed by atoms with Gasteiger partial charge < -0.3 is 14.4 Å². The largest absolute Gasteiger partial charge is 0.496 e. The van der Waals surface area contributed by atoms with E-state index in [0.717, 1.165) is 13.0 Å². The highest BCUT2D eigenvalue weighted by Gasteiger charge is 2.28. The molecule has 98 valence electrons. The lowest BCUT2D eigenvalue weighted by molar-refractivity contribution is 0.0723. The molecule has 1 unspecified atom stereocenters. The van der Waals surface area contributed by atoms with Crippen LogP contribution in [-0.4, -0.2) is 44.2 Å². The van der Waals surface area contributed by atoms with Crippen LogP contribution in [0, 0.1) is 0 Å². The van der Waals surface area contributed by atoms with Crippen LogP contribution >= 0.6 is 15.9 Å². The zero-order valence-corrected chi connectivity index (χ0v) is 12.1. The molecule has 4 nitrogen and oxygen atoms in total. The molecule has 1 aliphatic heterocycles. The highest BCUT2D eigenvalue weighted by Crippen LogP contribution is 2.30. The summed E-state index contributed by atoms with van der Waals surface area (Å²) >= 11 is 3.42. The van der Waals surface area contributed by atoms with Gasteiger partial charge in [-0.15, -0.1) is 0 Å². The second-order valence-electron chi connectivity index (χ2n) is 4.22. The second-order valence-corrected chi connectivity index (χ2v) is 5.01. The minimum atomic E-state index is 0.0142. The van der Waals surface area contributed by atoms with Crippen molar-refractivity contribution >= 4 is 21.8 Å². The number of methoxy groups -OCH3 is 2. The second kappa shape index (κ2) is 5.71. The molecule has 1 saturated heterocycles. The summed E-state index contributed by atoms with van der Waals surface area (Å²) in [4.78, 5) is 14.2. The highest BCUT2D eigenvalue weighted by atomic mass is 79.9. The quantitative estimate of drug-likeness (QED) is 0.859. The molecule has 0 spiro atoms. The van der Waals surface area contributed by atoms with E-state index in [2.05, 4.69) is 15.9 Å². The summed E-state index contributed by atoms with van der Waals surface area (Å²) in [6, 6.07) is 5.44. The normalized spacial score (nSPS) is 19.1. The van der Waals surface area contributed by atoms with E-state index in [1.54, 1.807) is 20.3 Å². The molecule has 0 radical (unpaired) electrons. The number of benzene rings is 1. The first-order valence-electron chi connectivity index (χ1n) is 5.82. The third-order valence-electron chi connectivity index (χ3n) is 3.18. The van der Waals surface area contributed by atoms with E-state index in [-0.39, 0.29) is 12.0 Å². The third-order valence-corrected chi connectivity index (χ3v) is 4.00. The van der Waals surface area contributed by atoms with Gasteiger partial charge in [0.05, 0.1) is 23.2 Å². The number of nitrogens with zero attached hydrogens (tertiary/aromatic N) is 1. The topological polar surface area (TPSA) is 38.8 Å². The number of hydrogen-bond acceptors (Lipinski definition) is 3. The minimum Gasteiger partial charge on any atom is -0.496 e. The summed E-state index contributed by atoms with van der Waals surface area (Å²) in [6.45, 7) is 1.39. The summed E-state index contributed by atoms with van der Waals surface area (Å²) < 4.78 is 11.2. The molecule has 2 rings (SSSR count). The van der Waals surface area contributed by atoms with Gasteiger partial charge in [-0.3, -0.25) is 4.79 Å². The summed E-state index contributed by atoms with van der Waals surface area (Å²) in [6.07, 6.45) is 1.04. The number of rotatable bonds is 3. The van der Waals surface area contributed by atoms with Gasteiger partial charge >= 0.3 is 0 Å². The first kappa shape index (κ1) is 13.4. The standard InChI is InChI=1S/C13H16BrNO3/c1-17-9-6-7-15(8-9)13(16)10-4-3-5-11(18-2)12(10)14/h3-5,9H,6-8H2,1-2H3. The Morgan fingerprint density at radius 3 is 2.83 bits per heavy atom. The average Bonchev–Trinajstić information content (AvgIpc) is 2.87. The molecule has 1 amide bonds. The van der Waals surface area contributed by atoms with Crippen molar-refractivity contribution in [2.75, 3.05) is 27.3 Å². The summed E-state index contributed by atoms with van der Waals surface area (Å²) in [5, 5.41) is 0. The zero-order valence-electron chi connectivity index (χ0n) is 10.5. The number of carbonyl (C=O) groups excluding carboxylic acids is 1. The predicted molar refractivity (Wildman–Crippen MR) is 72.0 cm³/mol. The summed E-state index contributed by atoms with van der Waals surface area (Å²) in [7, 11) is 3.27. The van der Waals surface area contributed by atoms with Gasteiger partial charge in [-0.2, -0.15) is 0 Å². The Balaban J connectivity index is 2.19. The Morgan fingerprint density at radius 2 is 2.22 bits per heavy atom. The van der Waals surface area contributed by atoms with Gasteiger partial charge in [0, 0.05) is 20.2 Å². The SMILES string of the molecule is COc1cccc(C(=O)N2CCC(OC)C2)c1Br. The fraction of sp³-hybridized carbons (Fsp3) is 0.462. The van der Waals surface area contributed by atoms with E-state index >= 15 is 0 Å². The van der Waals surface area contributed by atoms with Crippen molar-refractivity contribution < 1.29 is 14.3 Å². The summed E-state index contributed by atoms with van der Waals surface area (Å²) in [5.41, 5.74) is 0.631. The molecule has 0 bridgehead atoms. The van der Waals surface area contributed by atoms with E-state index in [4.69, 9.17) is 9.47 Å². The Kier molecular flexibility index (Phi) is 4.24. The van der Waals surface area contributed by atoms with Crippen LogP contribution in [0.2, 0.25) is 0 Å². The monoisotopic (exact) mass is 313 g/mol. The Morgan fingerprint density at radius 1 is 1.44 bits per heavy atom. The Hall–Kier alpha value is -1.07. The van der Waals surface area contributed by atoms with Gasteiger partial charge in [-0.05, 0) is 34.5 Å². The molecule has 0 saturated carbocycles. The van der Waals surface area contributed by atoms with Gasteiger partial charge in [0.2, 0.25) is 0 Å². The molecule has 1 heterocycles. The molecular formula is C13H16BrNO3. The maximum absolute atomic E-state index is 12.4. The minimum absolute atomic E-state index is 0.0142. The number of carbonyl (C=O) groups is 1. The van der Waals surface area contributed by atoms with Crippen LogP contribution in [0.3, 0.4) is 0 Å². The van der Waals surface area contributed by atoms with Crippen LogP contribution in [-0.2, 0) is 4.74 Å². The van der Waals surface area contributed by atoms with E-state index in [9.17, 15) is 4.79 Å². The number of hydrogen-bond donors (Lipinski definition) is 0. The van der Waals surface area contributed by atoms with E-state index in [1.165, 1.54) is 0 Å². The van der Waals surface area contributed by atoms with Crippen molar-refractivity contribution in [2.45, 2.75) is 12.5 Å². The van der Waals surface area contributed by atoms with E-state index < -0.39 is 0 Å². The third kappa shape index (κ3) is 2.52. The maximum Gasteiger partial charge on any atom is 0.255 e. The fourth-order valence-corrected chi connectivity index (χ4v) is 2.70. The molecule has 0 aliphatic carbocycles. The molecule has 1 fully saturated rings. The van der Waals surface area contributed by atoms with Gasteiger partial charge in [-0.25, -0.2) is 0 Å². The number of likely N-dealkylation sites (tertiary alicyclic amines) is 1. The van der Waals surface area contributed by atoms with E-state index in [0.29, 0.717) is 22.3 Å². The number of halogens is 1. The lowest BCUT2D eigenvalue weighted by Gasteiger charge is -2.17. The van der Waals surface area contributed by atoms with Crippen LogP contribution in [0.15, 0.2) is 22.7 Å². The van der Waals surface area contributed by atoms with Crippen LogP contribution in [0.1, 0.15) is 16.8 Å². The zero-order chi connectivity index (χ0) is 13.1. The molecular weight excluding hydrogens is 298 g/mol. The smallest absolute Gasteiger partial charge is 0.255 e. The molecule has 0 N–H and O–H groups in total. The maximum atomic E-state index is 12.4. The molecule has 18 heavy (non-hydrogen) atoms. The van der Waals surface area contributed by atoms with Crippen molar-refractivity contribution in [3.63, 3.8) is 0 Å². The van der Waals surface area contributed by atoms with Crippen LogP contribution < -0.4 is 4.74 Å². The van der Waals surface area contributed by atoms with Gasteiger partial charge in [0.15, 0.2) is 0 Å². The first-order chi connectivity index (χ1) is 8.67. The molecule has 1 aromatic carbocycles. The Bertz CT molecular complexity index is 450. The highest BCUT2D eigenvalue weighted by molar-refractivity contribution is 9.10. The molecule has 1 aliphatic rings. The van der Waals surface area contributed by atoms with Crippen LogP contribution in [0.5, 0.6) is 5.75 Å². The number of ether oxygens (including phenoxy) is 2. The molecule has 0 aromatic heterocycles. The van der Waals surface area contributed by atoms with Crippen LogP contribution in [0.4, 0.5) is 0 Å². The fourth-order valence-electron chi connectivity index (χ4n) is 2.11. The van der Waals surface area contributed by atoms with Gasteiger partial charge in [0.1, 0.15) is 5.75 Å². The number of amides is 1. The van der Waals surface area contributed by atoms with E-state index in [1.807, 2.05) is 17.0 Å². The average molecular weight is 314 g/mol. The molecule has 1 atom stereocenters. The Labute approximate surface area is 115 Å². The van der Waals surface area contributed by atoms with Crippen molar-refractivity contribution in [1.29, 1.82) is 0 Å². The lowest BCUT2D eigenvalue weighted by Crippen LogP contribution is -2.30. The lowest BCUT2D eigenvalue weighted by atomic mass is 10.2. The van der Waals surface area contributed by atoms with Crippen LogP contribution in [0.25, 0.3) is 0 Å². The molecule has 5 heteroatoms. The van der Waals surface area contributed by atoms with Crippen molar-refractivity contribution in [2.24, 2.45) is 0 Å². The molecule has 1 aromatic rings. The first-order valence-corrected chi connectivity index (χ1v) is 6.61. The predicted octanol–water partition coefficient (Wildman–Crippen LogP) is 2.32.